The highest BCUT2D eigenvalue weighted by molar-refractivity contribution is 6.11. The van der Waals surface area contributed by atoms with Crippen molar-refractivity contribution in [3.63, 3.8) is 0 Å². The second kappa shape index (κ2) is 10.1. The molecule has 1 spiro atoms. The van der Waals surface area contributed by atoms with Crippen LogP contribution >= 0.6 is 0 Å². The monoisotopic (exact) mass is 636 g/mol. The Morgan fingerprint density at radius 1 is 0.500 bits per heavy atom. The largest absolute Gasteiger partial charge is 0.324 e. The standard InChI is InChI=1S/C48H32N2/c1-2-50-44-18-10-9-17-43(44)49-47(50)32-21-19-30(20-22-32)33-23-26-36-34(29-33)24-27-39-45-35-12-4-3-11-31(35)25-28-42(45)48(46(36)39)40-15-7-5-13-37(40)38-14-6-8-16-41(38)48/h3-29H,2H2,1H3. The highest BCUT2D eigenvalue weighted by Gasteiger charge is 2.52. The van der Waals surface area contributed by atoms with Crippen molar-refractivity contribution in [2.75, 3.05) is 0 Å². The van der Waals surface area contributed by atoms with Crippen LogP contribution in [0.15, 0.2) is 164 Å². The van der Waals surface area contributed by atoms with Gasteiger partial charge in [0.1, 0.15) is 5.82 Å². The molecule has 8 aromatic carbocycles. The quantitative estimate of drug-likeness (QED) is 0.189. The Bertz CT molecular complexity index is 2810. The Kier molecular flexibility index (Phi) is 5.61. The molecular formula is C48H32N2. The van der Waals surface area contributed by atoms with Crippen LogP contribution in [0.5, 0.6) is 0 Å². The van der Waals surface area contributed by atoms with Crippen LogP contribution in [0.4, 0.5) is 0 Å². The van der Waals surface area contributed by atoms with Gasteiger partial charge >= 0.3 is 0 Å². The van der Waals surface area contributed by atoms with Crippen LogP contribution in [0, 0.1) is 0 Å². The first-order chi connectivity index (χ1) is 24.8. The molecule has 50 heavy (non-hydrogen) atoms. The molecule has 234 valence electrons. The van der Waals surface area contributed by atoms with E-state index in [0.717, 1.165) is 23.4 Å². The molecule has 0 radical (unpaired) electrons. The Morgan fingerprint density at radius 3 is 1.96 bits per heavy atom. The second-order valence-corrected chi connectivity index (χ2v) is 13.7. The molecule has 0 aliphatic heterocycles. The normalized spacial score (nSPS) is 13.5. The highest BCUT2D eigenvalue weighted by atomic mass is 15.1. The van der Waals surface area contributed by atoms with Crippen molar-refractivity contribution in [1.29, 1.82) is 0 Å². The predicted molar refractivity (Wildman–Crippen MR) is 208 cm³/mol. The first kappa shape index (κ1) is 27.7. The Balaban J connectivity index is 1.12. The van der Waals surface area contributed by atoms with E-state index >= 15 is 0 Å². The zero-order valence-electron chi connectivity index (χ0n) is 27.7. The number of hydrogen-bond acceptors (Lipinski definition) is 1. The fourth-order valence-corrected chi connectivity index (χ4v) is 9.35. The Labute approximate surface area is 290 Å². The number of nitrogens with zero attached hydrogens (tertiary/aromatic N) is 2. The summed E-state index contributed by atoms with van der Waals surface area (Å²) in [5, 5.41) is 5.17. The minimum atomic E-state index is -0.394. The molecule has 0 atom stereocenters. The first-order valence-corrected chi connectivity index (χ1v) is 17.6. The van der Waals surface area contributed by atoms with Gasteiger partial charge in [-0.15, -0.1) is 0 Å². The minimum absolute atomic E-state index is 0.394. The number of hydrogen-bond donors (Lipinski definition) is 0. The molecule has 0 amide bonds. The average molecular weight is 637 g/mol. The van der Waals surface area contributed by atoms with Gasteiger partial charge in [0.25, 0.3) is 0 Å². The molecule has 0 unspecified atom stereocenters. The molecule has 2 aliphatic carbocycles. The lowest BCUT2D eigenvalue weighted by Gasteiger charge is -2.31. The van der Waals surface area contributed by atoms with Gasteiger partial charge in [0.2, 0.25) is 0 Å². The van der Waals surface area contributed by atoms with Crippen molar-refractivity contribution < 1.29 is 0 Å². The van der Waals surface area contributed by atoms with E-state index in [-0.39, 0.29) is 0 Å². The maximum atomic E-state index is 5.00. The van der Waals surface area contributed by atoms with Gasteiger partial charge in [-0.2, -0.15) is 0 Å². The summed E-state index contributed by atoms with van der Waals surface area (Å²) in [4.78, 5) is 5.00. The third-order valence-corrected chi connectivity index (χ3v) is 11.4. The van der Waals surface area contributed by atoms with E-state index in [1.54, 1.807) is 0 Å². The highest BCUT2D eigenvalue weighted by Crippen LogP contribution is 2.65. The molecular weight excluding hydrogens is 605 g/mol. The van der Waals surface area contributed by atoms with Crippen molar-refractivity contribution in [3.8, 4) is 44.8 Å². The molecule has 2 aliphatic rings. The van der Waals surface area contributed by atoms with E-state index in [1.165, 1.54) is 82.7 Å². The SMILES string of the molecule is CCn1c(-c2ccc(-c3ccc4c5c(ccc4c3)-c3c(ccc4ccccc34)C53c4ccccc4-c4ccccc43)cc2)nc2ccccc21. The number of imidazole rings is 1. The van der Waals surface area contributed by atoms with Crippen molar-refractivity contribution in [2.45, 2.75) is 18.9 Å². The summed E-state index contributed by atoms with van der Waals surface area (Å²) in [5.41, 5.74) is 16.3. The predicted octanol–water partition coefficient (Wildman–Crippen LogP) is 12.0. The summed E-state index contributed by atoms with van der Waals surface area (Å²) in [6.07, 6.45) is 0. The topological polar surface area (TPSA) is 17.8 Å². The molecule has 2 heteroatoms. The molecule has 0 N–H and O–H groups in total. The third-order valence-electron chi connectivity index (χ3n) is 11.4. The summed E-state index contributed by atoms with van der Waals surface area (Å²) in [6.45, 7) is 3.06. The van der Waals surface area contributed by atoms with Crippen molar-refractivity contribution in [3.05, 3.63) is 186 Å². The van der Waals surface area contributed by atoms with Gasteiger partial charge in [-0.05, 0) is 102 Å². The Hall–Kier alpha value is -6.25. The summed E-state index contributed by atoms with van der Waals surface area (Å²) < 4.78 is 2.30. The molecule has 0 bridgehead atoms. The average Bonchev–Trinajstić information content (AvgIpc) is 3.82. The minimum Gasteiger partial charge on any atom is -0.324 e. The first-order valence-electron chi connectivity index (χ1n) is 17.6. The fourth-order valence-electron chi connectivity index (χ4n) is 9.35. The van der Waals surface area contributed by atoms with Gasteiger partial charge in [0.15, 0.2) is 0 Å². The molecule has 0 saturated heterocycles. The van der Waals surface area contributed by atoms with Gasteiger partial charge < -0.3 is 4.57 Å². The fraction of sp³-hybridized carbons (Fsp3) is 0.0625. The van der Waals surface area contributed by atoms with Crippen LogP contribution in [0.1, 0.15) is 29.2 Å². The summed E-state index contributed by atoms with van der Waals surface area (Å²) in [6, 6.07) is 60.9. The zero-order chi connectivity index (χ0) is 33.0. The maximum Gasteiger partial charge on any atom is 0.141 e. The van der Waals surface area contributed by atoms with E-state index < -0.39 is 5.41 Å². The molecule has 1 aromatic heterocycles. The summed E-state index contributed by atoms with van der Waals surface area (Å²) in [5.74, 6) is 1.02. The zero-order valence-corrected chi connectivity index (χ0v) is 27.7. The lowest BCUT2D eigenvalue weighted by atomic mass is 9.69. The van der Waals surface area contributed by atoms with Gasteiger partial charge in [-0.3, -0.25) is 0 Å². The van der Waals surface area contributed by atoms with Gasteiger partial charge in [-0.25, -0.2) is 4.98 Å². The van der Waals surface area contributed by atoms with Gasteiger partial charge in [-0.1, -0.05) is 146 Å². The number of benzene rings is 8. The molecule has 2 nitrogen and oxygen atoms in total. The number of para-hydroxylation sites is 2. The molecule has 0 saturated carbocycles. The van der Waals surface area contributed by atoms with Crippen molar-refractivity contribution >= 4 is 32.6 Å². The second-order valence-electron chi connectivity index (χ2n) is 13.7. The molecule has 1 heterocycles. The van der Waals surface area contributed by atoms with E-state index in [4.69, 9.17) is 4.98 Å². The molecule has 11 rings (SSSR count). The summed E-state index contributed by atoms with van der Waals surface area (Å²) in [7, 11) is 0. The van der Waals surface area contributed by atoms with Gasteiger partial charge in [0.05, 0.1) is 16.4 Å². The lowest BCUT2D eigenvalue weighted by molar-refractivity contribution is 0.796. The number of rotatable bonds is 3. The van der Waals surface area contributed by atoms with Crippen LogP contribution in [0.3, 0.4) is 0 Å². The Morgan fingerprint density at radius 2 is 1.16 bits per heavy atom. The van der Waals surface area contributed by atoms with E-state index in [2.05, 4.69) is 175 Å². The molecule has 0 fully saturated rings. The van der Waals surface area contributed by atoms with Crippen LogP contribution in [-0.2, 0) is 12.0 Å². The molecule has 9 aromatic rings. The van der Waals surface area contributed by atoms with Crippen LogP contribution in [-0.4, -0.2) is 9.55 Å². The smallest absolute Gasteiger partial charge is 0.141 e. The summed E-state index contributed by atoms with van der Waals surface area (Å²) >= 11 is 0. The van der Waals surface area contributed by atoms with Crippen LogP contribution < -0.4 is 0 Å². The van der Waals surface area contributed by atoms with Gasteiger partial charge in [0, 0.05) is 12.1 Å². The maximum absolute atomic E-state index is 5.00. The van der Waals surface area contributed by atoms with E-state index in [1.807, 2.05) is 0 Å². The number of fused-ring (bicyclic) bond motifs is 15. The lowest BCUT2D eigenvalue weighted by Crippen LogP contribution is -2.26. The number of aromatic nitrogens is 2. The van der Waals surface area contributed by atoms with Crippen LogP contribution in [0.25, 0.3) is 77.3 Å². The van der Waals surface area contributed by atoms with E-state index in [0.29, 0.717) is 0 Å². The third kappa shape index (κ3) is 3.50. The van der Waals surface area contributed by atoms with Crippen molar-refractivity contribution in [2.24, 2.45) is 0 Å². The number of aryl methyl sites for hydroxylation is 1. The van der Waals surface area contributed by atoms with E-state index in [9.17, 15) is 0 Å². The van der Waals surface area contributed by atoms with Crippen LogP contribution in [0.2, 0.25) is 0 Å². The van der Waals surface area contributed by atoms with Crippen molar-refractivity contribution in [1.82, 2.24) is 9.55 Å².